The first-order valence-corrected chi connectivity index (χ1v) is 7.85. The van der Waals surface area contributed by atoms with E-state index in [4.69, 9.17) is 16.3 Å². The van der Waals surface area contributed by atoms with Gasteiger partial charge < -0.3 is 10.1 Å². The van der Waals surface area contributed by atoms with E-state index in [1.165, 1.54) is 6.92 Å². The number of ketones is 1. The van der Waals surface area contributed by atoms with Gasteiger partial charge >= 0.3 is 6.09 Å². The van der Waals surface area contributed by atoms with Gasteiger partial charge in [-0.2, -0.15) is 0 Å². The molecule has 2 rings (SSSR count). The van der Waals surface area contributed by atoms with Gasteiger partial charge in [0.1, 0.15) is 6.61 Å². The third kappa shape index (κ3) is 5.56. The van der Waals surface area contributed by atoms with Gasteiger partial charge in [-0.05, 0) is 24.1 Å². The van der Waals surface area contributed by atoms with E-state index >= 15 is 0 Å². The molecule has 0 radical (unpaired) electrons. The molecule has 0 aromatic heterocycles. The van der Waals surface area contributed by atoms with E-state index in [0.717, 1.165) is 11.1 Å². The topological polar surface area (TPSA) is 55.4 Å². The molecule has 4 nitrogen and oxygen atoms in total. The molecular weight excluding hydrogens is 326 g/mol. The van der Waals surface area contributed by atoms with Crippen LogP contribution in [0.2, 0.25) is 5.02 Å². The summed E-state index contributed by atoms with van der Waals surface area (Å²) < 4.78 is 5.10. The number of amides is 1. The maximum atomic E-state index is 11.6. The Kier molecular flexibility index (Phi) is 6.58. The highest BCUT2D eigenvalue weighted by atomic mass is 35.5. The van der Waals surface area contributed by atoms with Crippen molar-refractivity contribution >= 4 is 29.6 Å². The molecule has 124 valence electrons. The molecule has 0 saturated heterocycles. The summed E-state index contributed by atoms with van der Waals surface area (Å²) in [4.78, 5) is 22.9. The monoisotopic (exact) mass is 343 g/mol. The number of hydrogen-bond acceptors (Lipinski definition) is 3. The van der Waals surface area contributed by atoms with Gasteiger partial charge in [-0.3, -0.25) is 4.79 Å². The minimum Gasteiger partial charge on any atom is -0.445 e. The number of ether oxygens (including phenoxy) is 1. The van der Waals surface area contributed by atoms with Gasteiger partial charge in [-0.1, -0.05) is 66.2 Å². The highest BCUT2D eigenvalue weighted by molar-refractivity contribution is 6.32. The van der Waals surface area contributed by atoms with Crippen LogP contribution in [0.25, 0.3) is 6.08 Å². The van der Waals surface area contributed by atoms with E-state index in [-0.39, 0.29) is 12.4 Å². The SMILES string of the molecule is CC(=O)c1ccc(C=CCNC(=O)OCc2ccccc2)c(Cl)c1. The second-order valence-electron chi connectivity index (χ2n) is 5.14. The largest absolute Gasteiger partial charge is 0.445 e. The Labute approximate surface area is 146 Å². The number of carbonyl (C=O) groups is 2. The molecule has 2 aromatic rings. The molecule has 0 fully saturated rings. The molecule has 0 heterocycles. The van der Waals surface area contributed by atoms with Crippen LogP contribution in [-0.2, 0) is 11.3 Å². The fourth-order valence-electron chi connectivity index (χ4n) is 1.98. The summed E-state index contributed by atoms with van der Waals surface area (Å²) in [5, 5.41) is 3.12. The second-order valence-corrected chi connectivity index (χ2v) is 5.54. The van der Waals surface area contributed by atoms with Crippen molar-refractivity contribution in [1.82, 2.24) is 5.32 Å². The maximum absolute atomic E-state index is 11.6. The van der Waals surface area contributed by atoms with Crippen LogP contribution in [0.3, 0.4) is 0 Å². The van der Waals surface area contributed by atoms with E-state index in [2.05, 4.69) is 5.32 Å². The first-order chi connectivity index (χ1) is 11.6. The number of halogens is 1. The van der Waals surface area contributed by atoms with E-state index < -0.39 is 6.09 Å². The normalized spacial score (nSPS) is 10.6. The van der Waals surface area contributed by atoms with Crippen LogP contribution in [0.4, 0.5) is 4.79 Å². The predicted octanol–water partition coefficient (Wildman–Crippen LogP) is 4.48. The van der Waals surface area contributed by atoms with E-state index in [9.17, 15) is 9.59 Å². The van der Waals surface area contributed by atoms with Gasteiger partial charge in [-0.25, -0.2) is 4.79 Å². The number of carbonyl (C=O) groups excluding carboxylic acids is 2. The summed E-state index contributed by atoms with van der Waals surface area (Å²) in [5.74, 6) is -0.0322. The number of hydrogen-bond donors (Lipinski definition) is 1. The van der Waals surface area contributed by atoms with Crippen molar-refractivity contribution in [3.05, 3.63) is 76.3 Å². The highest BCUT2D eigenvalue weighted by Crippen LogP contribution is 2.19. The van der Waals surface area contributed by atoms with Crippen molar-refractivity contribution < 1.29 is 14.3 Å². The Morgan fingerprint density at radius 2 is 1.92 bits per heavy atom. The van der Waals surface area contributed by atoms with Crippen LogP contribution >= 0.6 is 11.6 Å². The molecule has 0 aliphatic heterocycles. The van der Waals surface area contributed by atoms with Gasteiger partial charge in [0.05, 0.1) is 0 Å². The number of alkyl carbamates (subject to hydrolysis) is 1. The lowest BCUT2D eigenvalue weighted by Crippen LogP contribution is -2.24. The highest BCUT2D eigenvalue weighted by Gasteiger charge is 2.03. The molecule has 0 saturated carbocycles. The second kappa shape index (κ2) is 8.89. The smallest absolute Gasteiger partial charge is 0.407 e. The van der Waals surface area contributed by atoms with Crippen LogP contribution in [-0.4, -0.2) is 18.4 Å². The molecule has 0 atom stereocenters. The summed E-state index contributed by atoms with van der Waals surface area (Å²) in [5.41, 5.74) is 2.28. The van der Waals surface area contributed by atoms with Crippen LogP contribution in [0.5, 0.6) is 0 Å². The van der Waals surface area contributed by atoms with Crippen molar-refractivity contribution in [2.75, 3.05) is 6.54 Å². The van der Waals surface area contributed by atoms with Crippen LogP contribution in [0.1, 0.15) is 28.4 Å². The van der Waals surface area contributed by atoms with Crippen molar-refractivity contribution in [3.63, 3.8) is 0 Å². The standard InChI is InChI=1S/C19H18ClNO3/c1-14(22)17-10-9-16(18(20)12-17)8-5-11-21-19(23)24-13-15-6-3-2-4-7-15/h2-10,12H,11,13H2,1H3,(H,21,23). The van der Waals surface area contributed by atoms with Crippen LogP contribution < -0.4 is 5.32 Å². The molecule has 5 heteroatoms. The van der Waals surface area contributed by atoms with Crippen molar-refractivity contribution in [3.8, 4) is 0 Å². The number of benzene rings is 2. The fraction of sp³-hybridized carbons (Fsp3) is 0.158. The summed E-state index contributed by atoms with van der Waals surface area (Å²) >= 11 is 6.12. The molecule has 1 amide bonds. The zero-order valence-electron chi connectivity index (χ0n) is 13.3. The third-order valence-corrected chi connectivity index (χ3v) is 3.61. The van der Waals surface area contributed by atoms with Crippen molar-refractivity contribution in [2.24, 2.45) is 0 Å². The zero-order chi connectivity index (χ0) is 17.4. The summed E-state index contributed by atoms with van der Waals surface area (Å²) in [7, 11) is 0. The van der Waals surface area contributed by atoms with Crippen LogP contribution in [0.15, 0.2) is 54.6 Å². The van der Waals surface area contributed by atoms with Gasteiger partial charge in [0.25, 0.3) is 0 Å². The number of rotatable bonds is 6. The lowest BCUT2D eigenvalue weighted by Gasteiger charge is -2.05. The van der Waals surface area contributed by atoms with E-state index in [1.807, 2.05) is 30.3 Å². The Balaban J connectivity index is 1.78. The summed E-state index contributed by atoms with van der Waals surface area (Å²) in [6, 6.07) is 14.6. The Morgan fingerprint density at radius 1 is 1.17 bits per heavy atom. The van der Waals surface area contributed by atoms with Gasteiger partial charge in [0.15, 0.2) is 5.78 Å². The van der Waals surface area contributed by atoms with Crippen molar-refractivity contribution in [1.29, 1.82) is 0 Å². The van der Waals surface area contributed by atoms with Gasteiger partial charge in [0, 0.05) is 17.1 Å². The molecule has 0 aliphatic rings. The predicted molar refractivity (Wildman–Crippen MR) is 95.1 cm³/mol. The first kappa shape index (κ1) is 17.8. The van der Waals surface area contributed by atoms with Gasteiger partial charge in [-0.15, -0.1) is 0 Å². The average Bonchev–Trinajstić information content (AvgIpc) is 2.58. The quantitative estimate of drug-likeness (QED) is 0.786. The molecule has 24 heavy (non-hydrogen) atoms. The lowest BCUT2D eigenvalue weighted by atomic mass is 10.1. The molecule has 0 bridgehead atoms. The minimum absolute atomic E-state index is 0.0322. The molecule has 0 aliphatic carbocycles. The summed E-state index contributed by atoms with van der Waals surface area (Å²) in [6.07, 6.45) is 3.06. The number of nitrogens with one attached hydrogen (secondary N) is 1. The van der Waals surface area contributed by atoms with E-state index in [0.29, 0.717) is 17.1 Å². The average molecular weight is 344 g/mol. The van der Waals surface area contributed by atoms with E-state index in [1.54, 1.807) is 30.4 Å². The van der Waals surface area contributed by atoms with Gasteiger partial charge in [0.2, 0.25) is 0 Å². The Morgan fingerprint density at radius 3 is 2.58 bits per heavy atom. The maximum Gasteiger partial charge on any atom is 0.407 e. The Bertz CT molecular complexity index is 742. The molecule has 2 aromatic carbocycles. The Hall–Kier alpha value is -2.59. The van der Waals surface area contributed by atoms with Crippen LogP contribution in [0, 0.1) is 0 Å². The number of Topliss-reactive ketones (excluding diaryl/α,β-unsaturated/α-hetero) is 1. The third-order valence-electron chi connectivity index (χ3n) is 3.28. The minimum atomic E-state index is -0.485. The molecule has 1 N–H and O–H groups in total. The molecule has 0 unspecified atom stereocenters. The summed E-state index contributed by atoms with van der Waals surface area (Å²) in [6.45, 7) is 2.04. The molecule has 0 spiro atoms. The lowest BCUT2D eigenvalue weighted by molar-refractivity contribution is 0.101. The van der Waals surface area contributed by atoms with Crippen molar-refractivity contribution in [2.45, 2.75) is 13.5 Å². The molecular formula is C19H18ClNO3. The fourth-order valence-corrected chi connectivity index (χ4v) is 2.23. The first-order valence-electron chi connectivity index (χ1n) is 7.48. The zero-order valence-corrected chi connectivity index (χ0v) is 14.0.